The first kappa shape index (κ1) is 12.3. The van der Waals surface area contributed by atoms with Crippen LogP contribution in [0, 0.1) is 5.92 Å². The summed E-state index contributed by atoms with van der Waals surface area (Å²) < 4.78 is 1.54. The Morgan fingerprint density at radius 1 is 1.36 bits per heavy atom. The highest BCUT2D eigenvalue weighted by molar-refractivity contribution is 7.20. The first-order valence-corrected chi connectivity index (χ1v) is 6.26. The number of hydrogen-bond donors (Lipinski definition) is 1. The van der Waals surface area contributed by atoms with E-state index in [4.69, 9.17) is 23.2 Å². The minimum absolute atomic E-state index is 0.272. The van der Waals surface area contributed by atoms with E-state index in [9.17, 15) is 0 Å². The molecule has 1 unspecified atom stereocenters. The summed E-state index contributed by atoms with van der Waals surface area (Å²) in [5.74, 6) is 0.644. The Kier molecular flexibility index (Phi) is 4.71. The van der Waals surface area contributed by atoms with Crippen molar-refractivity contribution < 1.29 is 0 Å². The Morgan fingerprint density at radius 3 is 2.43 bits per heavy atom. The lowest BCUT2D eigenvalue weighted by atomic mass is 10.1. The Labute approximate surface area is 99.4 Å². The molecule has 0 saturated carbocycles. The van der Waals surface area contributed by atoms with Gasteiger partial charge in [-0.3, -0.25) is 0 Å². The van der Waals surface area contributed by atoms with Crippen molar-refractivity contribution >= 4 is 34.5 Å². The molecule has 1 rings (SSSR count). The van der Waals surface area contributed by atoms with Gasteiger partial charge in [-0.15, -0.1) is 11.3 Å². The summed E-state index contributed by atoms with van der Waals surface area (Å²) in [4.78, 5) is 0. The van der Waals surface area contributed by atoms with Gasteiger partial charge in [0, 0.05) is 6.04 Å². The fourth-order valence-electron chi connectivity index (χ4n) is 1.17. The van der Waals surface area contributed by atoms with E-state index in [1.54, 1.807) is 0 Å². The first-order valence-electron chi connectivity index (χ1n) is 4.68. The van der Waals surface area contributed by atoms with Gasteiger partial charge in [-0.05, 0) is 31.0 Å². The molecule has 1 atom stereocenters. The molecule has 0 saturated heterocycles. The van der Waals surface area contributed by atoms with Crippen LogP contribution in [-0.4, -0.2) is 6.54 Å². The van der Waals surface area contributed by atoms with Crippen molar-refractivity contribution in [3.8, 4) is 0 Å². The van der Waals surface area contributed by atoms with Crippen LogP contribution in [0.15, 0.2) is 6.07 Å². The molecule has 0 aliphatic rings. The van der Waals surface area contributed by atoms with Crippen molar-refractivity contribution in [2.75, 3.05) is 6.54 Å². The second-order valence-electron chi connectivity index (χ2n) is 3.80. The predicted molar refractivity (Wildman–Crippen MR) is 65.6 cm³/mol. The Balaban J connectivity index is 2.60. The van der Waals surface area contributed by atoms with E-state index in [-0.39, 0.29) is 6.04 Å². The average molecular weight is 252 g/mol. The lowest BCUT2D eigenvalue weighted by Crippen LogP contribution is -2.23. The lowest BCUT2D eigenvalue weighted by Gasteiger charge is -2.14. The van der Waals surface area contributed by atoms with E-state index in [1.165, 1.54) is 11.3 Å². The van der Waals surface area contributed by atoms with E-state index in [1.807, 2.05) is 6.07 Å². The van der Waals surface area contributed by atoms with Crippen molar-refractivity contribution in [2.24, 2.45) is 5.92 Å². The van der Waals surface area contributed by atoms with E-state index in [0.29, 0.717) is 5.92 Å². The molecular formula is C10H15Cl2NS. The highest BCUT2D eigenvalue weighted by Gasteiger charge is 2.12. The molecule has 14 heavy (non-hydrogen) atoms. The third-order valence-electron chi connectivity index (χ3n) is 1.98. The monoisotopic (exact) mass is 251 g/mol. The maximum Gasteiger partial charge on any atom is 0.0991 e. The molecule has 80 valence electrons. The summed E-state index contributed by atoms with van der Waals surface area (Å²) in [5, 5.41) is 3.42. The summed E-state index contributed by atoms with van der Waals surface area (Å²) >= 11 is 13.4. The second-order valence-corrected chi connectivity index (χ2v) is 6.09. The largest absolute Gasteiger partial charge is 0.310 e. The van der Waals surface area contributed by atoms with Crippen LogP contribution < -0.4 is 5.32 Å². The van der Waals surface area contributed by atoms with Crippen LogP contribution >= 0.6 is 34.5 Å². The molecule has 0 amide bonds. The Bertz CT molecular complexity index is 296. The SMILES string of the molecule is CC(C)CNC(C)c1cc(Cl)sc1Cl. The molecule has 1 aromatic heterocycles. The molecule has 0 aliphatic heterocycles. The predicted octanol–water partition coefficient (Wildman–Crippen LogP) is 4.36. The van der Waals surface area contributed by atoms with E-state index < -0.39 is 0 Å². The fourth-order valence-corrected chi connectivity index (χ4v) is 2.82. The smallest absolute Gasteiger partial charge is 0.0991 e. The number of nitrogens with one attached hydrogen (secondary N) is 1. The molecule has 0 aromatic carbocycles. The van der Waals surface area contributed by atoms with E-state index in [0.717, 1.165) is 20.8 Å². The Morgan fingerprint density at radius 2 is 2.00 bits per heavy atom. The third-order valence-corrected chi connectivity index (χ3v) is 3.50. The molecule has 1 heterocycles. The van der Waals surface area contributed by atoms with Gasteiger partial charge in [-0.1, -0.05) is 37.0 Å². The van der Waals surface area contributed by atoms with Crippen LogP contribution in [0.25, 0.3) is 0 Å². The van der Waals surface area contributed by atoms with Gasteiger partial charge in [0.05, 0.1) is 8.67 Å². The number of thiophene rings is 1. The van der Waals surface area contributed by atoms with Crippen molar-refractivity contribution in [3.05, 3.63) is 20.3 Å². The highest BCUT2D eigenvalue weighted by atomic mass is 35.5. The van der Waals surface area contributed by atoms with Crippen LogP contribution in [0.5, 0.6) is 0 Å². The van der Waals surface area contributed by atoms with Crippen LogP contribution in [0.4, 0.5) is 0 Å². The zero-order chi connectivity index (χ0) is 10.7. The molecule has 0 aliphatic carbocycles. The maximum atomic E-state index is 6.05. The van der Waals surface area contributed by atoms with Crippen molar-refractivity contribution in [3.63, 3.8) is 0 Å². The second kappa shape index (κ2) is 5.36. The van der Waals surface area contributed by atoms with Gasteiger partial charge < -0.3 is 5.32 Å². The average Bonchev–Trinajstić information content (AvgIpc) is 2.41. The van der Waals surface area contributed by atoms with Gasteiger partial charge in [-0.2, -0.15) is 0 Å². The fraction of sp³-hybridized carbons (Fsp3) is 0.600. The molecule has 1 N–H and O–H groups in total. The standard InChI is InChI=1S/C10H15Cl2NS/c1-6(2)5-13-7(3)8-4-9(11)14-10(8)12/h4,6-7,13H,5H2,1-3H3. The first-order chi connectivity index (χ1) is 6.50. The Hall–Kier alpha value is 0.240. The maximum absolute atomic E-state index is 6.05. The summed E-state index contributed by atoms with van der Waals surface area (Å²) in [6, 6.07) is 2.21. The molecule has 0 spiro atoms. The van der Waals surface area contributed by atoms with Crippen molar-refractivity contribution in [1.29, 1.82) is 0 Å². The summed E-state index contributed by atoms with van der Waals surface area (Å²) in [7, 11) is 0. The molecule has 4 heteroatoms. The van der Waals surface area contributed by atoms with Crippen LogP contribution in [0.2, 0.25) is 8.67 Å². The molecule has 1 aromatic rings. The van der Waals surface area contributed by atoms with Gasteiger partial charge in [0.15, 0.2) is 0 Å². The minimum Gasteiger partial charge on any atom is -0.310 e. The van der Waals surface area contributed by atoms with Gasteiger partial charge in [-0.25, -0.2) is 0 Å². The van der Waals surface area contributed by atoms with E-state index in [2.05, 4.69) is 26.1 Å². The van der Waals surface area contributed by atoms with Gasteiger partial charge in [0.25, 0.3) is 0 Å². The highest BCUT2D eigenvalue weighted by Crippen LogP contribution is 2.34. The summed E-state index contributed by atoms with van der Waals surface area (Å²) in [6.07, 6.45) is 0. The van der Waals surface area contributed by atoms with Crippen LogP contribution in [-0.2, 0) is 0 Å². The zero-order valence-electron chi connectivity index (χ0n) is 8.60. The van der Waals surface area contributed by atoms with Crippen LogP contribution in [0.1, 0.15) is 32.4 Å². The molecule has 0 radical (unpaired) electrons. The summed E-state index contributed by atoms with van der Waals surface area (Å²) in [5.41, 5.74) is 1.10. The minimum atomic E-state index is 0.272. The number of hydrogen-bond acceptors (Lipinski definition) is 2. The van der Waals surface area contributed by atoms with Crippen molar-refractivity contribution in [1.82, 2.24) is 5.32 Å². The van der Waals surface area contributed by atoms with Gasteiger partial charge >= 0.3 is 0 Å². The third kappa shape index (κ3) is 3.43. The molecular weight excluding hydrogens is 237 g/mol. The van der Waals surface area contributed by atoms with Gasteiger partial charge in [0.1, 0.15) is 0 Å². The number of rotatable bonds is 4. The quantitative estimate of drug-likeness (QED) is 0.839. The molecule has 0 bridgehead atoms. The molecule has 0 fully saturated rings. The van der Waals surface area contributed by atoms with E-state index >= 15 is 0 Å². The van der Waals surface area contributed by atoms with Crippen molar-refractivity contribution in [2.45, 2.75) is 26.8 Å². The zero-order valence-corrected chi connectivity index (χ0v) is 10.9. The van der Waals surface area contributed by atoms with Crippen LogP contribution in [0.3, 0.4) is 0 Å². The van der Waals surface area contributed by atoms with Gasteiger partial charge in [0.2, 0.25) is 0 Å². The lowest BCUT2D eigenvalue weighted by molar-refractivity contribution is 0.497. The molecule has 1 nitrogen and oxygen atoms in total. The normalized spacial score (nSPS) is 13.6. The topological polar surface area (TPSA) is 12.0 Å². The summed E-state index contributed by atoms with van der Waals surface area (Å²) in [6.45, 7) is 7.46. The number of halogens is 2.